The number of aryl methyl sites for hydroxylation is 1. The minimum Gasteiger partial charge on any atom is -0.488 e. The quantitative estimate of drug-likeness (QED) is 0.905. The van der Waals surface area contributed by atoms with Gasteiger partial charge in [-0.2, -0.15) is 0 Å². The number of aliphatic hydroxyl groups is 1. The highest BCUT2D eigenvalue weighted by Gasteiger charge is 2.09. The summed E-state index contributed by atoms with van der Waals surface area (Å²) in [4.78, 5) is 0. The molecule has 0 bridgehead atoms. The largest absolute Gasteiger partial charge is 0.488 e. The van der Waals surface area contributed by atoms with E-state index in [0.717, 1.165) is 15.6 Å². The van der Waals surface area contributed by atoms with Crippen molar-refractivity contribution in [3.05, 3.63) is 63.6 Å². The molecule has 0 aliphatic rings. The maximum atomic E-state index is 9.74. The van der Waals surface area contributed by atoms with Gasteiger partial charge >= 0.3 is 0 Å². The van der Waals surface area contributed by atoms with Crippen LogP contribution in [-0.2, 0) is 6.61 Å². The van der Waals surface area contributed by atoms with Gasteiger partial charge < -0.3 is 9.84 Å². The van der Waals surface area contributed by atoms with Gasteiger partial charge in [0.05, 0.1) is 6.10 Å². The van der Waals surface area contributed by atoms with Crippen LogP contribution in [0.5, 0.6) is 5.75 Å². The molecule has 0 fully saturated rings. The summed E-state index contributed by atoms with van der Waals surface area (Å²) < 4.78 is 6.77. The van der Waals surface area contributed by atoms with Gasteiger partial charge in [0.15, 0.2) is 0 Å². The predicted molar refractivity (Wildman–Crippen MR) is 80.3 cm³/mol. The smallest absolute Gasteiger partial charge is 0.126 e. The molecule has 0 saturated heterocycles. The SMILES string of the molecule is Cc1cccc(COc2cc(Br)ccc2C(C)O)c1. The summed E-state index contributed by atoms with van der Waals surface area (Å²) in [6.07, 6.45) is -0.541. The van der Waals surface area contributed by atoms with E-state index in [0.29, 0.717) is 12.4 Å². The Kier molecular flexibility index (Phi) is 4.61. The van der Waals surface area contributed by atoms with Gasteiger partial charge in [-0.15, -0.1) is 0 Å². The van der Waals surface area contributed by atoms with Crippen LogP contribution in [0.2, 0.25) is 0 Å². The zero-order chi connectivity index (χ0) is 13.8. The van der Waals surface area contributed by atoms with Crippen LogP contribution >= 0.6 is 15.9 Å². The Labute approximate surface area is 122 Å². The summed E-state index contributed by atoms with van der Waals surface area (Å²) in [5.74, 6) is 0.714. The molecule has 0 spiro atoms. The highest BCUT2D eigenvalue weighted by molar-refractivity contribution is 9.10. The molecule has 2 aromatic rings. The molecule has 2 nitrogen and oxygen atoms in total. The number of benzene rings is 2. The first kappa shape index (κ1) is 14.1. The minimum atomic E-state index is -0.541. The number of hydrogen-bond donors (Lipinski definition) is 1. The molecule has 0 radical (unpaired) electrons. The van der Waals surface area contributed by atoms with E-state index >= 15 is 0 Å². The molecule has 1 unspecified atom stereocenters. The van der Waals surface area contributed by atoms with E-state index in [9.17, 15) is 5.11 Å². The van der Waals surface area contributed by atoms with Crippen LogP contribution in [0, 0.1) is 6.92 Å². The van der Waals surface area contributed by atoms with Crippen molar-refractivity contribution in [3.63, 3.8) is 0 Å². The average molecular weight is 321 g/mol. The van der Waals surface area contributed by atoms with Crippen LogP contribution in [0.15, 0.2) is 46.9 Å². The molecule has 2 aromatic carbocycles. The first-order valence-electron chi connectivity index (χ1n) is 6.22. The van der Waals surface area contributed by atoms with Gasteiger partial charge in [-0.1, -0.05) is 51.8 Å². The third-order valence-electron chi connectivity index (χ3n) is 2.90. The van der Waals surface area contributed by atoms with Crippen molar-refractivity contribution in [1.29, 1.82) is 0 Å². The Hall–Kier alpha value is -1.32. The summed E-state index contributed by atoms with van der Waals surface area (Å²) in [6.45, 7) is 4.30. The summed E-state index contributed by atoms with van der Waals surface area (Å²) in [5, 5.41) is 9.74. The van der Waals surface area contributed by atoms with Gasteiger partial charge in [-0.25, -0.2) is 0 Å². The molecule has 0 heterocycles. The molecule has 0 saturated carbocycles. The van der Waals surface area contributed by atoms with Gasteiger partial charge in [0.25, 0.3) is 0 Å². The van der Waals surface area contributed by atoms with Crippen LogP contribution < -0.4 is 4.74 Å². The van der Waals surface area contributed by atoms with Crippen molar-refractivity contribution >= 4 is 15.9 Å². The number of halogens is 1. The fraction of sp³-hybridized carbons (Fsp3) is 0.250. The third-order valence-corrected chi connectivity index (χ3v) is 3.40. The van der Waals surface area contributed by atoms with E-state index < -0.39 is 6.10 Å². The summed E-state index contributed by atoms with van der Waals surface area (Å²) >= 11 is 3.42. The van der Waals surface area contributed by atoms with E-state index in [1.807, 2.05) is 30.3 Å². The second-order valence-electron chi connectivity index (χ2n) is 4.64. The van der Waals surface area contributed by atoms with Gasteiger partial charge in [-0.3, -0.25) is 0 Å². The predicted octanol–water partition coefficient (Wildman–Crippen LogP) is 4.39. The number of aliphatic hydroxyl groups excluding tert-OH is 1. The highest BCUT2D eigenvalue weighted by Crippen LogP contribution is 2.29. The lowest BCUT2D eigenvalue weighted by Crippen LogP contribution is -2.01. The van der Waals surface area contributed by atoms with Crippen LogP contribution in [0.4, 0.5) is 0 Å². The highest BCUT2D eigenvalue weighted by atomic mass is 79.9. The first-order chi connectivity index (χ1) is 9.06. The number of hydrogen-bond acceptors (Lipinski definition) is 2. The van der Waals surface area contributed by atoms with Crippen molar-refractivity contribution in [2.45, 2.75) is 26.6 Å². The van der Waals surface area contributed by atoms with E-state index in [2.05, 4.69) is 35.0 Å². The van der Waals surface area contributed by atoms with Gasteiger partial charge in [-0.05, 0) is 31.5 Å². The molecule has 1 atom stereocenters. The van der Waals surface area contributed by atoms with Crippen LogP contribution in [0.3, 0.4) is 0 Å². The third kappa shape index (κ3) is 3.82. The minimum absolute atomic E-state index is 0.498. The Morgan fingerprint density at radius 2 is 2.00 bits per heavy atom. The molecule has 0 aliphatic carbocycles. The molecular formula is C16H17BrO2. The van der Waals surface area contributed by atoms with E-state index in [1.54, 1.807) is 6.92 Å². The second kappa shape index (κ2) is 6.22. The molecule has 0 amide bonds. The van der Waals surface area contributed by atoms with Crippen molar-refractivity contribution in [1.82, 2.24) is 0 Å². The summed E-state index contributed by atoms with van der Waals surface area (Å²) in [6, 6.07) is 13.9. The topological polar surface area (TPSA) is 29.5 Å². The Bertz CT molecular complexity index is 564. The molecule has 3 heteroatoms. The second-order valence-corrected chi connectivity index (χ2v) is 5.55. The zero-order valence-corrected chi connectivity index (χ0v) is 12.6. The standard InChI is InChI=1S/C16H17BrO2/c1-11-4-3-5-13(8-11)10-19-16-9-14(17)6-7-15(16)12(2)18/h3-9,12,18H,10H2,1-2H3. The maximum Gasteiger partial charge on any atom is 0.126 e. The molecule has 2 rings (SSSR count). The van der Waals surface area contributed by atoms with Crippen molar-refractivity contribution in [2.75, 3.05) is 0 Å². The lowest BCUT2D eigenvalue weighted by Gasteiger charge is -2.14. The van der Waals surface area contributed by atoms with Gasteiger partial charge in [0.2, 0.25) is 0 Å². The Morgan fingerprint density at radius 1 is 1.21 bits per heavy atom. The number of rotatable bonds is 4. The molecule has 0 aromatic heterocycles. The van der Waals surface area contributed by atoms with E-state index in [4.69, 9.17) is 4.74 Å². The lowest BCUT2D eigenvalue weighted by molar-refractivity contribution is 0.190. The molecule has 100 valence electrons. The normalized spacial score (nSPS) is 12.2. The summed E-state index contributed by atoms with van der Waals surface area (Å²) in [7, 11) is 0. The zero-order valence-electron chi connectivity index (χ0n) is 11.1. The Balaban J connectivity index is 2.17. The van der Waals surface area contributed by atoms with Crippen molar-refractivity contribution < 1.29 is 9.84 Å². The van der Waals surface area contributed by atoms with Gasteiger partial charge in [0.1, 0.15) is 12.4 Å². The lowest BCUT2D eigenvalue weighted by atomic mass is 10.1. The van der Waals surface area contributed by atoms with Crippen LogP contribution in [0.1, 0.15) is 29.7 Å². The van der Waals surface area contributed by atoms with E-state index in [-0.39, 0.29) is 0 Å². The average Bonchev–Trinajstić information content (AvgIpc) is 2.36. The Morgan fingerprint density at radius 3 is 2.68 bits per heavy atom. The van der Waals surface area contributed by atoms with Crippen molar-refractivity contribution in [3.8, 4) is 5.75 Å². The van der Waals surface area contributed by atoms with Gasteiger partial charge in [0, 0.05) is 10.0 Å². The maximum absolute atomic E-state index is 9.74. The monoisotopic (exact) mass is 320 g/mol. The fourth-order valence-electron chi connectivity index (χ4n) is 1.94. The fourth-order valence-corrected chi connectivity index (χ4v) is 2.28. The number of ether oxygens (including phenoxy) is 1. The molecule has 1 N–H and O–H groups in total. The molecule has 19 heavy (non-hydrogen) atoms. The first-order valence-corrected chi connectivity index (χ1v) is 7.01. The van der Waals surface area contributed by atoms with E-state index in [1.165, 1.54) is 5.56 Å². The summed E-state index contributed by atoms with van der Waals surface area (Å²) in [5.41, 5.74) is 3.14. The van der Waals surface area contributed by atoms with Crippen LogP contribution in [-0.4, -0.2) is 5.11 Å². The molecule has 0 aliphatic heterocycles. The van der Waals surface area contributed by atoms with Crippen molar-refractivity contribution in [2.24, 2.45) is 0 Å². The van der Waals surface area contributed by atoms with Crippen LogP contribution in [0.25, 0.3) is 0 Å². The molecular weight excluding hydrogens is 304 g/mol.